The van der Waals surface area contributed by atoms with Crippen molar-refractivity contribution in [3.63, 3.8) is 0 Å². The average molecular weight is 269 g/mol. The van der Waals surface area contributed by atoms with Crippen molar-refractivity contribution in [3.05, 3.63) is 66.2 Å². The molecule has 0 bridgehead atoms. The monoisotopic (exact) mass is 269 g/mol. The Kier molecular flexibility index (Phi) is 4.15. The number of hydrogen-bond acceptors (Lipinski definition) is 2. The van der Waals surface area contributed by atoms with Gasteiger partial charge in [-0.3, -0.25) is 9.69 Å². The normalized spacial score (nSPS) is 11.7. The van der Waals surface area contributed by atoms with Crippen molar-refractivity contribution in [1.29, 1.82) is 0 Å². The summed E-state index contributed by atoms with van der Waals surface area (Å²) >= 11 is 0. The van der Waals surface area contributed by atoms with Gasteiger partial charge in [-0.25, -0.2) is 4.79 Å². The van der Waals surface area contributed by atoms with Crippen LogP contribution in [0, 0.1) is 0 Å². The molecule has 4 nitrogen and oxygen atoms in total. The quantitative estimate of drug-likeness (QED) is 0.928. The fourth-order valence-electron chi connectivity index (χ4n) is 1.94. The van der Waals surface area contributed by atoms with Gasteiger partial charge >= 0.3 is 5.97 Å². The number of rotatable bonds is 4. The second kappa shape index (κ2) is 6.02. The van der Waals surface area contributed by atoms with E-state index < -0.39 is 12.0 Å². The third-order valence-corrected chi connectivity index (χ3v) is 3.02. The second-order valence-corrected chi connectivity index (χ2v) is 4.39. The first-order valence-corrected chi connectivity index (χ1v) is 6.27. The lowest BCUT2D eigenvalue weighted by Crippen LogP contribution is -2.43. The molecule has 102 valence electrons. The van der Waals surface area contributed by atoms with Gasteiger partial charge in [-0.05, 0) is 31.2 Å². The number of carboxylic acids is 1. The standard InChI is InChI=1S/C16H15NO3/c1-12(16(19)20)17(14-10-6-3-7-11-14)15(18)13-8-4-2-5-9-13/h2-12H,1H3,(H,19,20)/t12-/m1/s1. The van der Waals surface area contributed by atoms with Gasteiger partial charge in [0.05, 0.1) is 0 Å². The van der Waals surface area contributed by atoms with E-state index in [1.54, 1.807) is 48.5 Å². The molecule has 2 aromatic carbocycles. The molecular weight excluding hydrogens is 254 g/mol. The number of anilines is 1. The maximum Gasteiger partial charge on any atom is 0.326 e. The van der Waals surface area contributed by atoms with Gasteiger partial charge in [-0.2, -0.15) is 0 Å². The molecule has 0 aliphatic heterocycles. The Bertz CT molecular complexity index is 596. The summed E-state index contributed by atoms with van der Waals surface area (Å²) < 4.78 is 0. The highest BCUT2D eigenvalue weighted by atomic mass is 16.4. The summed E-state index contributed by atoms with van der Waals surface area (Å²) in [6.07, 6.45) is 0. The molecule has 0 radical (unpaired) electrons. The van der Waals surface area contributed by atoms with Gasteiger partial charge in [-0.1, -0.05) is 36.4 Å². The van der Waals surface area contributed by atoms with E-state index in [0.29, 0.717) is 11.3 Å². The largest absolute Gasteiger partial charge is 0.480 e. The van der Waals surface area contributed by atoms with Gasteiger partial charge < -0.3 is 5.11 Å². The summed E-state index contributed by atoms with van der Waals surface area (Å²) in [5.74, 6) is -1.37. The topological polar surface area (TPSA) is 57.6 Å². The van der Waals surface area contributed by atoms with Crippen molar-refractivity contribution in [2.75, 3.05) is 4.90 Å². The van der Waals surface area contributed by atoms with Crippen LogP contribution in [0.2, 0.25) is 0 Å². The third kappa shape index (κ3) is 2.85. The Hall–Kier alpha value is -2.62. The third-order valence-electron chi connectivity index (χ3n) is 3.02. The number of carboxylic acid groups (broad SMARTS) is 1. The van der Waals surface area contributed by atoms with E-state index >= 15 is 0 Å². The Balaban J connectivity index is 2.42. The first-order valence-electron chi connectivity index (χ1n) is 6.27. The van der Waals surface area contributed by atoms with Crippen molar-refractivity contribution < 1.29 is 14.7 Å². The lowest BCUT2D eigenvalue weighted by atomic mass is 10.1. The molecule has 0 spiro atoms. The number of aliphatic carboxylic acids is 1. The van der Waals surface area contributed by atoms with Crippen molar-refractivity contribution in [3.8, 4) is 0 Å². The summed E-state index contributed by atoms with van der Waals surface area (Å²) in [4.78, 5) is 25.1. The maximum atomic E-state index is 12.6. The fraction of sp³-hybridized carbons (Fsp3) is 0.125. The lowest BCUT2D eigenvalue weighted by Gasteiger charge is -2.26. The van der Waals surface area contributed by atoms with Crippen LogP contribution in [0.4, 0.5) is 5.69 Å². The van der Waals surface area contributed by atoms with Gasteiger partial charge in [0, 0.05) is 11.3 Å². The minimum Gasteiger partial charge on any atom is -0.480 e. The molecule has 0 aliphatic carbocycles. The first kappa shape index (κ1) is 13.8. The number of para-hydroxylation sites is 1. The van der Waals surface area contributed by atoms with Crippen molar-refractivity contribution in [2.45, 2.75) is 13.0 Å². The van der Waals surface area contributed by atoms with Gasteiger partial charge in [-0.15, -0.1) is 0 Å². The molecular formula is C16H15NO3. The molecule has 0 saturated carbocycles. The number of amides is 1. The van der Waals surface area contributed by atoms with E-state index in [1.165, 1.54) is 11.8 Å². The Morgan fingerprint density at radius 1 is 0.950 bits per heavy atom. The minimum atomic E-state index is -1.04. The molecule has 0 fully saturated rings. The molecule has 0 unspecified atom stereocenters. The van der Waals surface area contributed by atoms with Crippen LogP contribution in [0.5, 0.6) is 0 Å². The highest BCUT2D eigenvalue weighted by Crippen LogP contribution is 2.20. The van der Waals surface area contributed by atoms with Gasteiger partial charge in [0.2, 0.25) is 0 Å². The van der Waals surface area contributed by atoms with Crippen molar-refractivity contribution >= 4 is 17.6 Å². The minimum absolute atomic E-state index is 0.327. The highest BCUT2D eigenvalue weighted by molar-refractivity contribution is 6.09. The zero-order chi connectivity index (χ0) is 14.5. The molecule has 20 heavy (non-hydrogen) atoms. The average Bonchev–Trinajstić information content (AvgIpc) is 2.49. The lowest BCUT2D eigenvalue weighted by molar-refractivity contribution is -0.138. The van der Waals surface area contributed by atoms with E-state index in [-0.39, 0.29) is 5.91 Å². The number of carbonyl (C=O) groups is 2. The molecule has 2 rings (SSSR count). The van der Waals surface area contributed by atoms with E-state index in [9.17, 15) is 14.7 Å². The molecule has 0 heterocycles. The zero-order valence-corrected chi connectivity index (χ0v) is 11.1. The Morgan fingerprint density at radius 2 is 1.45 bits per heavy atom. The van der Waals surface area contributed by atoms with Crippen LogP contribution in [-0.4, -0.2) is 23.0 Å². The van der Waals surface area contributed by atoms with Gasteiger partial charge in [0.1, 0.15) is 6.04 Å². The number of benzene rings is 2. The van der Waals surface area contributed by atoms with E-state index in [2.05, 4.69) is 0 Å². The van der Waals surface area contributed by atoms with Crippen LogP contribution in [0.1, 0.15) is 17.3 Å². The summed E-state index contributed by atoms with van der Waals surface area (Å²) in [5.41, 5.74) is 1.03. The van der Waals surface area contributed by atoms with Crippen LogP contribution >= 0.6 is 0 Å². The molecule has 1 N–H and O–H groups in total. The molecule has 0 aliphatic rings. The highest BCUT2D eigenvalue weighted by Gasteiger charge is 2.27. The van der Waals surface area contributed by atoms with Crippen LogP contribution < -0.4 is 4.90 Å². The van der Waals surface area contributed by atoms with Gasteiger partial charge in [0.15, 0.2) is 0 Å². The van der Waals surface area contributed by atoms with Gasteiger partial charge in [0.25, 0.3) is 5.91 Å². The smallest absolute Gasteiger partial charge is 0.326 e. The molecule has 1 atom stereocenters. The molecule has 4 heteroatoms. The summed E-state index contributed by atoms with van der Waals surface area (Å²) in [7, 11) is 0. The summed E-state index contributed by atoms with van der Waals surface area (Å²) in [5, 5.41) is 9.22. The molecule has 0 aromatic heterocycles. The van der Waals surface area contributed by atoms with E-state index in [1.807, 2.05) is 12.1 Å². The van der Waals surface area contributed by atoms with Crippen LogP contribution in [0.3, 0.4) is 0 Å². The van der Waals surface area contributed by atoms with Crippen molar-refractivity contribution in [2.24, 2.45) is 0 Å². The summed E-state index contributed by atoms with van der Waals surface area (Å²) in [6, 6.07) is 16.5. The predicted octanol–water partition coefficient (Wildman–Crippen LogP) is 2.81. The maximum absolute atomic E-state index is 12.6. The fourth-order valence-corrected chi connectivity index (χ4v) is 1.94. The first-order chi connectivity index (χ1) is 9.61. The van der Waals surface area contributed by atoms with E-state index in [0.717, 1.165) is 0 Å². The number of nitrogens with zero attached hydrogens (tertiary/aromatic N) is 1. The van der Waals surface area contributed by atoms with E-state index in [4.69, 9.17) is 0 Å². The molecule has 1 amide bonds. The summed E-state index contributed by atoms with van der Waals surface area (Å²) in [6.45, 7) is 1.50. The van der Waals surface area contributed by atoms with Crippen LogP contribution in [-0.2, 0) is 4.79 Å². The number of hydrogen-bond donors (Lipinski definition) is 1. The van der Waals surface area contributed by atoms with Crippen molar-refractivity contribution in [1.82, 2.24) is 0 Å². The molecule has 2 aromatic rings. The Morgan fingerprint density at radius 3 is 1.95 bits per heavy atom. The van der Waals surface area contributed by atoms with Crippen LogP contribution in [0.15, 0.2) is 60.7 Å². The predicted molar refractivity (Wildman–Crippen MR) is 76.8 cm³/mol. The SMILES string of the molecule is C[C@H](C(=O)O)N(C(=O)c1ccccc1)c1ccccc1. The second-order valence-electron chi connectivity index (χ2n) is 4.39. The molecule has 0 saturated heterocycles. The Labute approximate surface area is 117 Å². The number of carbonyl (C=O) groups excluding carboxylic acids is 1. The van der Waals surface area contributed by atoms with Crippen LogP contribution in [0.25, 0.3) is 0 Å². The zero-order valence-electron chi connectivity index (χ0n) is 11.1.